The van der Waals surface area contributed by atoms with Crippen molar-refractivity contribution in [2.45, 2.75) is 83.4 Å². The molecule has 1 saturated carbocycles. The van der Waals surface area contributed by atoms with Crippen LogP contribution in [0.25, 0.3) is 0 Å². The lowest BCUT2D eigenvalue weighted by atomic mass is 9.96. The topological polar surface area (TPSA) is 58.6 Å². The third-order valence-electron chi connectivity index (χ3n) is 4.13. The number of likely N-dealkylation sites (tertiary alicyclic amines) is 1. The zero-order chi connectivity index (χ0) is 15.5. The summed E-state index contributed by atoms with van der Waals surface area (Å²) in [6.45, 7) is 6.20. The molecule has 0 bridgehead atoms. The molecule has 2 aliphatic rings. The minimum absolute atomic E-state index is 0.102. The highest BCUT2D eigenvalue weighted by molar-refractivity contribution is 5.84. The molecular formula is C16H28N2O3. The van der Waals surface area contributed by atoms with Crippen molar-refractivity contribution in [1.82, 2.24) is 10.2 Å². The molecule has 0 radical (unpaired) electrons. The maximum absolute atomic E-state index is 12.4. The van der Waals surface area contributed by atoms with Gasteiger partial charge in [-0.15, -0.1) is 0 Å². The molecule has 2 fully saturated rings. The molecule has 21 heavy (non-hydrogen) atoms. The number of rotatable bonds is 2. The Labute approximate surface area is 127 Å². The summed E-state index contributed by atoms with van der Waals surface area (Å²) in [6.07, 6.45) is 7.29. The first kappa shape index (κ1) is 16.1. The summed E-state index contributed by atoms with van der Waals surface area (Å²) in [6, 6.07) is -0.255. The van der Waals surface area contributed by atoms with E-state index >= 15 is 0 Å². The number of nitrogens with zero attached hydrogens (tertiary/aromatic N) is 1. The first-order valence-electron chi connectivity index (χ1n) is 8.17. The number of hydrogen-bond acceptors (Lipinski definition) is 3. The minimum Gasteiger partial charge on any atom is -0.458 e. The third-order valence-corrected chi connectivity index (χ3v) is 4.13. The predicted octanol–water partition coefficient (Wildman–Crippen LogP) is 2.83. The Balaban J connectivity index is 1.91. The van der Waals surface area contributed by atoms with Gasteiger partial charge < -0.3 is 15.0 Å². The molecule has 1 saturated heterocycles. The summed E-state index contributed by atoms with van der Waals surface area (Å²) in [5.41, 5.74) is -0.509. The Bertz CT molecular complexity index is 383. The number of hydrogen-bond donors (Lipinski definition) is 1. The molecule has 1 N–H and O–H groups in total. The quantitative estimate of drug-likeness (QED) is 0.797. The molecule has 0 aromatic carbocycles. The van der Waals surface area contributed by atoms with Crippen molar-refractivity contribution < 1.29 is 14.3 Å². The van der Waals surface area contributed by atoms with Crippen LogP contribution in [0.1, 0.15) is 65.7 Å². The molecular weight excluding hydrogens is 268 g/mol. The molecule has 1 heterocycles. The number of carbonyl (C=O) groups excluding carboxylic acids is 2. The van der Waals surface area contributed by atoms with Crippen LogP contribution in [0.4, 0.5) is 4.79 Å². The summed E-state index contributed by atoms with van der Waals surface area (Å²) in [4.78, 5) is 26.3. The highest BCUT2D eigenvalue weighted by Gasteiger charge is 2.37. The summed E-state index contributed by atoms with van der Waals surface area (Å²) in [7, 11) is 0. The van der Waals surface area contributed by atoms with E-state index in [1.165, 1.54) is 19.3 Å². The van der Waals surface area contributed by atoms with Crippen LogP contribution in [0.5, 0.6) is 0 Å². The second-order valence-electron chi connectivity index (χ2n) is 7.17. The van der Waals surface area contributed by atoms with Crippen molar-refractivity contribution in [1.29, 1.82) is 0 Å². The van der Waals surface area contributed by atoms with Gasteiger partial charge in [0.25, 0.3) is 0 Å². The Kier molecular flexibility index (Phi) is 5.12. The van der Waals surface area contributed by atoms with Crippen LogP contribution >= 0.6 is 0 Å². The molecule has 5 heteroatoms. The van der Waals surface area contributed by atoms with E-state index in [-0.39, 0.29) is 18.0 Å². The average molecular weight is 296 g/mol. The first-order chi connectivity index (χ1) is 9.87. The lowest BCUT2D eigenvalue weighted by Gasteiger charge is -2.30. The molecule has 1 aliphatic heterocycles. The first-order valence-corrected chi connectivity index (χ1v) is 8.17. The van der Waals surface area contributed by atoms with Crippen LogP contribution in [0.3, 0.4) is 0 Å². The van der Waals surface area contributed by atoms with Crippen LogP contribution < -0.4 is 5.32 Å². The number of amides is 2. The smallest absolute Gasteiger partial charge is 0.329 e. The molecule has 0 aromatic heterocycles. The lowest BCUT2D eigenvalue weighted by molar-refractivity contribution is -0.159. The molecule has 0 spiro atoms. The predicted molar refractivity (Wildman–Crippen MR) is 81.0 cm³/mol. The van der Waals surface area contributed by atoms with Gasteiger partial charge in [0.1, 0.15) is 11.6 Å². The van der Waals surface area contributed by atoms with E-state index in [2.05, 4.69) is 5.32 Å². The van der Waals surface area contributed by atoms with E-state index in [9.17, 15) is 9.59 Å². The molecule has 2 amide bonds. The summed E-state index contributed by atoms with van der Waals surface area (Å²) in [5, 5.41) is 3.09. The van der Waals surface area contributed by atoms with Crippen LogP contribution in [-0.2, 0) is 9.53 Å². The molecule has 1 atom stereocenters. The Morgan fingerprint density at radius 2 is 1.71 bits per heavy atom. The lowest BCUT2D eigenvalue weighted by Crippen LogP contribution is -2.50. The number of ether oxygens (including phenoxy) is 1. The number of esters is 1. The molecule has 5 nitrogen and oxygen atoms in total. The fourth-order valence-electron chi connectivity index (χ4n) is 3.13. The maximum atomic E-state index is 12.4. The van der Waals surface area contributed by atoms with E-state index in [0.29, 0.717) is 13.0 Å². The van der Waals surface area contributed by atoms with Crippen molar-refractivity contribution in [2.75, 3.05) is 6.54 Å². The zero-order valence-electron chi connectivity index (χ0n) is 13.5. The SMILES string of the molecule is CC(C)(C)OC(=O)C1CCCN1C(=O)NC1CCCCC1. The second kappa shape index (κ2) is 6.67. The summed E-state index contributed by atoms with van der Waals surface area (Å²) >= 11 is 0. The van der Waals surface area contributed by atoms with Crippen molar-refractivity contribution in [3.8, 4) is 0 Å². The summed E-state index contributed by atoms with van der Waals surface area (Å²) in [5.74, 6) is -0.279. The van der Waals surface area contributed by atoms with E-state index in [1.807, 2.05) is 20.8 Å². The van der Waals surface area contributed by atoms with Crippen molar-refractivity contribution in [3.05, 3.63) is 0 Å². The van der Waals surface area contributed by atoms with Gasteiger partial charge in [-0.3, -0.25) is 0 Å². The van der Waals surface area contributed by atoms with E-state index < -0.39 is 11.6 Å². The Morgan fingerprint density at radius 1 is 1.05 bits per heavy atom. The molecule has 2 rings (SSSR count). The van der Waals surface area contributed by atoms with Gasteiger partial charge in [0.2, 0.25) is 0 Å². The largest absolute Gasteiger partial charge is 0.458 e. The van der Waals surface area contributed by atoms with Crippen LogP contribution in [0.2, 0.25) is 0 Å². The average Bonchev–Trinajstić information content (AvgIpc) is 2.87. The summed E-state index contributed by atoms with van der Waals surface area (Å²) < 4.78 is 5.43. The normalized spacial score (nSPS) is 24.0. The van der Waals surface area contributed by atoms with Crippen molar-refractivity contribution >= 4 is 12.0 Å². The van der Waals surface area contributed by atoms with Gasteiger partial charge in [0, 0.05) is 12.6 Å². The van der Waals surface area contributed by atoms with E-state index in [1.54, 1.807) is 4.90 Å². The zero-order valence-corrected chi connectivity index (χ0v) is 13.5. The van der Waals surface area contributed by atoms with E-state index in [4.69, 9.17) is 4.74 Å². The fourth-order valence-corrected chi connectivity index (χ4v) is 3.13. The van der Waals surface area contributed by atoms with E-state index in [0.717, 1.165) is 19.3 Å². The monoisotopic (exact) mass is 296 g/mol. The van der Waals surface area contributed by atoms with Gasteiger partial charge >= 0.3 is 12.0 Å². The Morgan fingerprint density at radius 3 is 2.33 bits per heavy atom. The molecule has 120 valence electrons. The molecule has 0 aromatic rings. The highest BCUT2D eigenvalue weighted by atomic mass is 16.6. The van der Waals surface area contributed by atoms with Gasteiger partial charge in [-0.25, -0.2) is 9.59 Å². The third kappa shape index (κ3) is 4.61. The number of nitrogens with one attached hydrogen (secondary N) is 1. The number of urea groups is 1. The van der Waals surface area contributed by atoms with Gasteiger partial charge in [-0.2, -0.15) is 0 Å². The van der Waals surface area contributed by atoms with Crippen molar-refractivity contribution in [2.24, 2.45) is 0 Å². The van der Waals surface area contributed by atoms with Gasteiger partial charge in [0.15, 0.2) is 0 Å². The Hall–Kier alpha value is -1.26. The van der Waals surface area contributed by atoms with Crippen LogP contribution in [0, 0.1) is 0 Å². The van der Waals surface area contributed by atoms with Crippen molar-refractivity contribution in [3.63, 3.8) is 0 Å². The second-order valence-corrected chi connectivity index (χ2v) is 7.17. The molecule has 1 aliphatic carbocycles. The standard InChI is InChI=1S/C16H28N2O3/c1-16(2,3)21-14(19)13-10-7-11-18(13)15(20)17-12-8-5-4-6-9-12/h12-13H,4-11H2,1-3H3,(H,17,20). The maximum Gasteiger partial charge on any atom is 0.329 e. The van der Waals surface area contributed by atoms with Gasteiger partial charge in [-0.1, -0.05) is 19.3 Å². The van der Waals surface area contributed by atoms with Crippen LogP contribution in [-0.4, -0.2) is 41.1 Å². The minimum atomic E-state index is -0.509. The highest BCUT2D eigenvalue weighted by Crippen LogP contribution is 2.23. The van der Waals surface area contributed by atoms with Crippen LogP contribution in [0.15, 0.2) is 0 Å². The fraction of sp³-hybridized carbons (Fsp3) is 0.875. The molecule has 1 unspecified atom stereocenters. The van der Waals surface area contributed by atoms with Gasteiger partial charge in [-0.05, 0) is 46.5 Å². The number of carbonyl (C=O) groups is 2. The van der Waals surface area contributed by atoms with Gasteiger partial charge in [0.05, 0.1) is 0 Å².